The molecule has 0 heterocycles. The van der Waals surface area contributed by atoms with Crippen LogP contribution in [-0.2, 0) is 9.63 Å². The van der Waals surface area contributed by atoms with Crippen molar-refractivity contribution in [1.82, 2.24) is 5.43 Å². The van der Waals surface area contributed by atoms with Crippen LogP contribution in [0.15, 0.2) is 10.3 Å². The molecule has 0 aromatic heterocycles. The Bertz CT molecular complexity index is 306. The van der Waals surface area contributed by atoms with Gasteiger partial charge in [-0.3, -0.25) is 4.79 Å². The lowest BCUT2D eigenvalue weighted by Gasteiger charge is -2.04. The summed E-state index contributed by atoms with van der Waals surface area (Å²) in [5, 5.41) is 7.94. The largest absolute Gasteiger partial charge is 0.399 e. The van der Waals surface area contributed by atoms with Crippen LogP contribution in [0.1, 0.15) is 39.5 Å². The minimum Gasteiger partial charge on any atom is -0.399 e. The lowest BCUT2D eigenvalue weighted by Crippen LogP contribution is -2.21. The zero-order valence-electron chi connectivity index (χ0n) is 10.1. The molecule has 0 aromatic carbocycles. The van der Waals surface area contributed by atoms with Gasteiger partial charge in [0.15, 0.2) is 0 Å². The molecule has 0 atom stereocenters. The second kappa shape index (κ2) is 6.25. The second-order valence-electron chi connectivity index (χ2n) is 3.95. The molecule has 0 saturated heterocycles. The van der Waals surface area contributed by atoms with E-state index >= 15 is 0 Å². The van der Waals surface area contributed by atoms with Crippen LogP contribution in [-0.4, -0.2) is 24.4 Å². The summed E-state index contributed by atoms with van der Waals surface area (Å²) in [4.78, 5) is 15.8. The van der Waals surface area contributed by atoms with Gasteiger partial charge in [-0.15, -0.1) is 0 Å². The third-order valence-electron chi connectivity index (χ3n) is 2.47. The van der Waals surface area contributed by atoms with Crippen molar-refractivity contribution in [3.63, 3.8) is 0 Å². The first-order valence-corrected chi connectivity index (χ1v) is 5.60. The van der Waals surface area contributed by atoms with Gasteiger partial charge < -0.3 is 4.84 Å². The minimum atomic E-state index is -0.0949. The van der Waals surface area contributed by atoms with Crippen molar-refractivity contribution in [3.8, 4) is 0 Å². The number of nitrogens with zero attached hydrogens (tertiary/aromatic N) is 2. The monoisotopic (exact) mass is 225 g/mol. The Labute approximate surface area is 95.9 Å². The van der Waals surface area contributed by atoms with Crippen LogP contribution in [0.3, 0.4) is 0 Å². The number of rotatable bonds is 6. The maximum Gasteiger partial charge on any atom is 0.239 e. The molecule has 16 heavy (non-hydrogen) atoms. The zero-order valence-corrected chi connectivity index (χ0v) is 10.1. The summed E-state index contributed by atoms with van der Waals surface area (Å²) in [5.41, 5.74) is 4.02. The maximum absolute atomic E-state index is 11.0. The molecule has 1 amide bonds. The highest BCUT2D eigenvalue weighted by Crippen LogP contribution is 2.32. The van der Waals surface area contributed by atoms with Crippen molar-refractivity contribution in [2.75, 3.05) is 7.11 Å². The quantitative estimate of drug-likeness (QED) is 0.552. The van der Waals surface area contributed by atoms with E-state index in [9.17, 15) is 4.79 Å². The molecule has 90 valence electrons. The third kappa shape index (κ3) is 4.42. The van der Waals surface area contributed by atoms with E-state index in [2.05, 4.69) is 15.7 Å². The maximum atomic E-state index is 11.0. The average Bonchev–Trinajstić information content (AvgIpc) is 3.08. The molecule has 1 aliphatic carbocycles. The van der Waals surface area contributed by atoms with Gasteiger partial charge >= 0.3 is 0 Å². The van der Waals surface area contributed by atoms with Crippen molar-refractivity contribution in [1.29, 1.82) is 0 Å². The van der Waals surface area contributed by atoms with E-state index in [1.807, 2.05) is 6.92 Å². The Hall–Kier alpha value is -1.39. The van der Waals surface area contributed by atoms with Crippen molar-refractivity contribution < 1.29 is 9.63 Å². The van der Waals surface area contributed by atoms with Crippen molar-refractivity contribution in [2.45, 2.75) is 39.5 Å². The molecule has 1 N–H and O–H groups in total. The minimum absolute atomic E-state index is 0.0949. The van der Waals surface area contributed by atoms with E-state index in [1.54, 1.807) is 6.92 Å². The van der Waals surface area contributed by atoms with Gasteiger partial charge in [-0.25, -0.2) is 5.43 Å². The number of amides is 1. The summed E-state index contributed by atoms with van der Waals surface area (Å²) in [6.07, 6.45) is 3.80. The number of nitrogens with one attached hydrogen (secondary N) is 1. The molecular formula is C11H19N3O2. The van der Waals surface area contributed by atoms with Gasteiger partial charge in [0, 0.05) is 6.42 Å². The predicted molar refractivity (Wildman–Crippen MR) is 63.3 cm³/mol. The lowest BCUT2D eigenvalue weighted by atomic mass is 10.1. The normalized spacial score (nSPS) is 17.2. The van der Waals surface area contributed by atoms with Crippen LogP contribution in [0.4, 0.5) is 0 Å². The van der Waals surface area contributed by atoms with E-state index in [1.165, 1.54) is 20.0 Å². The zero-order chi connectivity index (χ0) is 12.0. The SMILES string of the molecule is CCC(=O)N/N=C(C)/C(CC1CC1)=N/OC. The van der Waals surface area contributed by atoms with Crippen LogP contribution in [0.5, 0.6) is 0 Å². The molecule has 1 saturated carbocycles. The van der Waals surface area contributed by atoms with E-state index in [4.69, 9.17) is 4.84 Å². The Balaban J connectivity index is 2.54. The smallest absolute Gasteiger partial charge is 0.239 e. The summed E-state index contributed by atoms with van der Waals surface area (Å²) in [5.74, 6) is 0.614. The van der Waals surface area contributed by atoms with Gasteiger partial charge in [0.25, 0.3) is 0 Å². The number of carbonyl (C=O) groups is 1. The first-order valence-electron chi connectivity index (χ1n) is 5.60. The lowest BCUT2D eigenvalue weighted by molar-refractivity contribution is -0.120. The van der Waals surface area contributed by atoms with Crippen LogP contribution < -0.4 is 5.43 Å². The Morgan fingerprint density at radius 1 is 1.50 bits per heavy atom. The highest BCUT2D eigenvalue weighted by molar-refractivity contribution is 6.41. The standard InChI is InChI=1S/C11H19N3O2/c1-4-11(15)13-12-8(2)10(14-16-3)7-9-5-6-9/h9H,4-7H2,1-3H3,(H,13,15)/b12-8+,14-10+. The average molecular weight is 225 g/mol. The van der Waals surface area contributed by atoms with Crippen molar-refractivity contribution in [2.24, 2.45) is 16.2 Å². The van der Waals surface area contributed by atoms with Crippen LogP contribution in [0.2, 0.25) is 0 Å². The van der Waals surface area contributed by atoms with Crippen LogP contribution in [0, 0.1) is 5.92 Å². The van der Waals surface area contributed by atoms with Gasteiger partial charge in [0.1, 0.15) is 12.8 Å². The Kier molecular flexibility index (Phi) is 4.95. The molecule has 5 nitrogen and oxygen atoms in total. The number of hydrogen-bond acceptors (Lipinski definition) is 4. The Morgan fingerprint density at radius 2 is 2.19 bits per heavy atom. The fraction of sp³-hybridized carbons (Fsp3) is 0.727. The predicted octanol–water partition coefficient (Wildman–Crippen LogP) is 1.69. The van der Waals surface area contributed by atoms with E-state index < -0.39 is 0 Å². The van der Waals surface area contributed by atoms with Crippen molar-refractivity contribution >= 4 is 17.3 Å². The number of hydrogen-bond donors (Lipinski definition) is 1. The van der Waals surface area contributed by atoms with E-state index in [0.717, 1.165) is 17.8 Å². The highest BCUT2D eigenvalue weighted by Gasteiger charge is 2.24. The second-order valence-corrected chi connectivity index (χ2v) is 3.95. The number of hydrazone groups is 1. The molecule has 0 aromatic rings. The summed E-state index contributed by atoms with van der Waals surface area (Å²) in [6, 6.07) is 0. The van der Waals surface area contributed by atoms with Gasteiger partial charge in [-0.1, -0.05) is 12.1 Å². The first kappa shape index (κ1) is 12.7. The summed E-state index contributed by atoms with van der Waals surface area (Å²) in [7, 11) is 1.52. The molecule has 1 rings (SSSR count). The molecule has 0 spiro atoms. The van der Waals surface area contributed by atoms with Gasteiger partial charge in [0.05, 0.1) is 5.71 Å². The fourth-order valence-corrected chi connectivity index (χ4v) is 1.25. The molecular weight excluding hydrogens is 206 g/mol. The Morgan fingerprint density at radius 3 is 2.69 bits per heavy atom. The topological polar surface area (TPSA) is 63.0 Å². The van der Waals surface area contributed by atoms with Crippen LogP contribution >= 0.6 is 0 Å². The molecule has 0 aliphatic heterocycles. The van der Waals surface area contributed by atoms with E-state index in [0.29, 0.717) is 12.3 Å². The number of oxime groups is 1. The third-order valence-corrected chi connectivity index (χ3v) is 2.47. The molecule has 1 aliphatic rings. The molecule has 5 heteroatoms. The van der Waals surface area contributed by atoms with E-state index in [-0.39, 0.29) is 5.91 Å². The number of carbonyl (C=O) groups excluding carboxylic acids is 1. The van der Waals surface area contributed by atoms with Crippen molar-refractivity contribution in [3.05, 3.63) is 0 Å². The summed E-state index contributed by atoms with van der Waals surface area (Å²) >= 11 is 0. The molecule has 0 unspecified atom stereocenters. The van der Waals surface area contributed by atoms with Gasteiger partial charge in [0.2, 0.25) is 5.91 Å². The summed E-state index contributed by atoms with van der Waals surface area (Å²) < 4.78 is 0. The fourth-order valence-electron chi connectivity index (χ4n) is 1.25. The molecule has 1 fully saturated rings. The molecule has 0 bridgehead atoms. The van der Waals surface area contributed by atoms with Gasteiger partial charge in [-0.2, -0.15) is 5.10 Å². The first-order chi connectivity index (χ1) is 7.67. The highest BCUT2D eigenvalue weighted by atomic mass is 16.6. The molecule has 0 radical (unpaired) electrons. The van der Waals surface area contributed by atoms with Crippen LogP contribution in [0.25, 0.3) is 0 Å². The summed E-state index contributed by atoms with van der Waals surface area (Å²) in [6.45, 7) is 3.62. The van der Waals surface area contributed by atoms with Gasteiger partial charge in [-0.05, 0) is 32.1 Å².